The van der Waals surface area contributed by atoms with Crippen molar-refractivity contribution < 1.29 is 22.7 Å². The number of nitrogens with one attached hydrogen (secondary N) is 2. The molecular formula is C48H50FN9O6S. The van der Waals surface area contributed by atoms with E-state index in [-0.39, 0.29) is 23.3 Å². The maximum Gasteiger partial charge on any atom is 0.438 e. The molecule has 7 aromatic rings. The first-order valence-electron chi connectivity index (χ1n) is 22.3. The van der Waals surface area contributed by atoms with E-state index < -0.39 is 31.8 Å². The van der Waals surface area contributed by atoms with E-state index in [9.17, 15) is 13.8 Å². The highest BCUT2D eigenvalue weighted by molar-refractivity contribution is 7.93. The maximum atomic E-state index is 15.5. The summed E-state index contributed by atoms with van der Waals surface area (Å²) in [5.74, 6) is -0.0721. The number of imidazole rings is 1. The Hall–Kier alpha value is -6.33. The van der Waals surface area contributed by atoms with Crippen LogP contribution in [0, 0.1) is 30.4 Å². The number of fused-ring (bicyclic) bond motifs is 2. The summed E-state index contributed by atoms with van der Waals surface area (Å²) in [5, 5.41) is 10.2. The maximum absolute atomic E-state index is 15.5. The number of ether oxygens (including phenoxy) is 1. The molecule has 2 saturated carbocycles. The minimum Gasteiger partial charge on any atom is -0.381 e. The molecule has 11 rings (SSSR count). The first kappa shape index (κ1) is 41.4. The molecular weight excluding hydrogens is 850 g/mol. The minimum atomic E-state index is -2.83. The molecule has 4 atom stereocenters. The minimum absolute atomic E-state index is 0.0195. The fourth-order valence-electron chi connectivity index (χ4n) is 10.9. The lowest BCUT2D eigenvalue weighted by Crippen LogP contribution is -2.41. The monoisotopic (exact) mass is 899 g/mol. The second kappa shape index (κ2) is 14.6. The van der Waals surface area contributed by atoms with Crippen LogP contribution in [-0.2, 0) is 31.2 Å². The zero-order valence-electron chi connectivity index (χ0n) is 36.9. The Morgan fingerprint density at radius 3 is 2.28 bits per heavy atom. The van der Waals surface area contributed by atoms with Crippen molar-refractivity contribution in [2.24, 2.45) is 5.92 Å². The second-order valence-corrected chi connectivity index (χ2v) is 21.1. The number of H-pyrrole nitrogens is 1. The highest BCUT2D eigenvalue weighted by Crippen LogP contribution is 2.56. The van der Waals surface area contributed by atoms with Crippen LogP contribution in [0.4, 0.5) is 4.39 Å². The average molecular weight is 900 g/mol. The van der Waals surface area contributed by atoms with Crippen LogP contribution >= 0.6 is 0 Å². The third-order valence-electron chi connectivity index (χ3n) is 14.8. The molecule has 3 fully saturated rings. The van der Waals surface area contributed by atoms with Crippen LogP contribution in [0.1, 0.15) is 108 Å². The van der Waals surface area contributed by atoms with Gasteiger partial charge in [0.05, 0.1) is 37.6 Å². The molecule has 0 unspecified atom stereocenters. The predicted octanol–water partition coefficient (Wildman–Crippen LogP) is 7.30. The first-order chi connectivity index (χ1) is 31.1. The van der Waals surface area contributed by atoms with Crippen molar-refractivity contribution in [2.75, 3.05) is 26.0 Å². The molecule has 0 spiro atoms. The SMILES string of the molecule is Cc1cc(-n2nc3c(c2-n2ccn(-c4ccc(C5([S@@](C)(=N)=O)CC5)cc4)c2=O)[C@H](C)N(C(=O)c2cc4cc(C5CCOCC5)ccc4n2[C@@]2(c4noc(=O)[nH]4)C[C@@H]2C)CC3)cc(C)c1F. The standard InChI is InChI=1S/C48H50FN9O6S/c1-27-22-36(23-28(2)41(27)49)58-42(56-19-18-55(46(56)61)35-9-7-34(8-10-35)47(15-16-47)65(5,50)62)40-30(4)54(17-12-37(40)52-58)43(59)39-25-33-24-32(31-13-20-63-21-14-31)6-11-38(33)57(39)48(26-29(48)3)44-51-45(60)64-53-44/h6-11,18-19,22-25,29-31,50H,12-17,20-21,26H2,1-5H3,(H,51,53,60)/t29-,30-,48-,65-/m0/s1. The fourth-order valence-corrected chi connectivity index (χ4v) is 12.4. The lowest BCUT2D eigenvalue weighted by molar-refractivity contribution is 0.0663. The molecule has 4 aromatic heterocycles. The summed E-state index contributed by atoms with van der Waals surface area (Å²) in [6, 6.07) is 18.5. The summed E-state index contributed by atoms with van der Waals surface area (Å²) in [4.78, 5) is 47.2. The lowest BCUT2D eigenvalue weighted by atomic mass is 9.91. The summed E-state index contributed by atoms with van der Waals surface area (Å²) in [5.41, 5.74) is 5.47. The number of benzene rings is 3. The van der Waals surface area contributed by atoms with Crippen molar-refractivity contribution in [2.45, 2.75) is 88.5 Å². The Bertz CT molecular complexity index is 3300. The average Bonchev–Trinajstić information content (AvgIpc) is 3.96. The summed E-state index contributed by atoms with van der Waals surface area (Å²) in [7, 11) is -2.83. The van der Waals surface area contributed by atoms with Crippen LogP contribution in [-0.4, -0.2) is 74.7 Å². The molecule has 0 radical (unpaired) electrons. The van der Waals surface area contributed by atoms with E-state index in [0.717, 1.165) is 29.3 Å². The molecule has 336 valence electrons. The van der Waals surface area contributed by atoms with Crippen molar-refractivity contribution >= 4 is 26.5 Å². The van der Waals surface area contributed by atoms with Crippen LogP contribution in [0.25, 0.3) is 28.1 Å². The van der Waals surface area contributed by atoms with Crippen LogP contribution in [0.5, 0.6) is 0 Å². The molecule has 1 saturated heterocycles. The Morgan fingerprint density at radius 1 is 0.954 bits per heavy atom. The van der Waals surface area contributed by atoms with Crippen molar-refractivity contribution in [3.8, 4) is 17.2 Å². The first-order valence-corrected chi connectivity index (χ1v) is 24.2. The summed E-state index contributed by atoms with van der Waals surface area (Å²) >= 11 is 0. The van der Waals surface area contributed by atoms with Crippen LogP contribution < -0.4 is 11.4 Å². The fraction of sp³-hybridized carbons (Fsp3) is 0.396. The van der Waals surface area contributed by atoms with Gasteiger partial charge in [-0.3, -0.25) is 28.2 Å². The van der Waals surface area contributed by atoms with Gasteiger partial charge >= 0.3 is 11.4 Å². The number of amides is 1. The molecule has 2 aliphatic carbocycles. The number of aromatic amines is 1. The topological polar surface area (TPSA) is 179 Å². The zero-order chi connectivity index (χ0) is 45.3. The molecule has 1 amide bonds. The van der Waals surface area contributed by atoms with Gasteiger partial charge in [-0.2, -0.15) is 5.10 Å². The third-order valence-corrected chi connectivity index (χ3v) is 16.9. The highest BCUT2D eigenvalue weighted by atomic mass is 32.2. The number of nitrogens with zero attached hydrogens (tertiary/aromatic N) is 7. The molecule has 2 N–H and O–H groups in total. The summed E-state index contributed by atoms with van der Waals surface area (Å²) in [6.45, 7) is 9.13. The van der Waals surface area contributed by atoms with Crippen molar-refractivity contribution in [3.63, 3.8) is 0 Å². The van der Waals surface area contributed by atoms with E-state index in [1.54, 1.807) is 43.1 Å². The van der Waals surface area contributed by atoms with Crippen LogP contribution in [0.15, 0.2) is 87.2 Å². The van der Waals surface area contributed by atoms with E-state index in [1.807, 2.05) is 46.7 Å². The number of carbonyl (C=O) groups excluding carboxylic acids is 1. The van der Waals surface area contributed by atoms with Gasteiger partial charge in [0.1, 0.15) is 22.9 Å². The summed E-state index contributed by atoms with van der Waals surface area (Å²) < 4.78 is 53.1. The van der Waals surface area contributed by atoms with E-state index in [0.29, 0.717) is 102 Å². The van der Waals surface area contributed by atoms with Crippen molar-refractivity contribution in [3.05, 3.63) is 145 Å². The second-order valence-electron chi connectivity index (χ2n) is 18.7. The molecule has 6 heterocycles. The van der Waals surface area contributed by atoms with E-state index >= 15 is 9.18 Å². The molecule has 65 heavy (non-hydrogen) atoms. The van der Waals surface area contributed by atoms with Gasteiger partial charge < -0.3 is 14.2 Å². The van der Waals surface area contributed by atoms with Crippen molar-refractivity contribution in [1.29, 1.82) is 4.78 Å². The molecule has 2 aliphatic heterocycles. The number of carbonyl (C=O) groups is 1. The van der Waals surface area contributed by atoms with E-state index in [4.69, 9.17) is 19.1 Å². The number of rotatable bonds is 9. The highest BCUT2D eigenvalue weighted by Gasteiger charge is 2.59. The Morgan fingerprint density at radius 2 is 1.65 bits per heavy atom. The predicted molar refractivity (Wildman–Crippen MR) is 241 cm³/mol. The Kier molecular flexibility index (Phi) is 9.29. The Balaban J connectivity index is 1.03. The summed E-state index contributed by atoms with van der Waals surface area (Å²) in [6.07, 6.45) is 9.03. The van der Waals surface area contributed by atoms with Gasteiger partial charge in [0, 0.05) is 61.3 Å². The molecule has 0 bridgehead atoms. The molecule has 4 aliphatic rings. The smallest absolute Gasteiger partial charge is 0.381 e. The van der Waals surface area contributed by atoms with E-state index in [1.165, 1.54) is 21.0 Å². The number of aromatic nitrogens is 7. The number of halogens is 1. The molecule has 3 aromatic carbocycles. The molecule has 17 heteroatoms. The number of aryl methyl sites for hydroxylation is 2. The molecule has 15 nitrogen and oxygen atoms in total. The van der Waals surface area contributed by atoms with Crippen LogP contribution in [0.2, 0.25) is 0 Å². The Labute approximate surface area is 373 Å². The lowest BCUT2D eigenvalue weighted by Gasteiger charge is -2.34. The van der Waals surface area contributed by atoms with Crippen molar-refractivity contribution in [1.82, 2.24) is 38.5 Å². The van der Waals surface area contributed by atoms with Gasteiger partial charge in [-0.15, -0.1) is 0 Å². The number of hydrogen-bond donors (Lipinski definition) is 2. The van der Waals surface area contributed by atoms with Crippen LogP contribution in [0.3, 0.4) is 0 Å². The zero-order valence-corrected chi connectivity index (χ0v) is 37.7. The van der Waals surface area contributed by atoms with E-state index in [2.05, 4.69) is 35.3 Å². The normalized spacial score (nSPS) is 22.5. The number of hydrogen-bond acceptors (Lipinski definition) is 9. The largest absolute Gasteiger partial charge is 0.438 e. The van der Waals surface area contributed by atoms with Gasteiger partial charge in [0.15, 0.2) is 5.82 Å². The third kappa shape index (κ3) is 6.28. The quantitative estimate of drug-likeness (QED) is 0.152. The van der Waals surface area contributed by atoms with Gasteiger partial charge in [-0.25, -0.2) is 22.9 Å². The van der Waals surface area contributed by atoms with Gasteiger partial charge in [-0.05, 0) is 129 Å². The van der Waals surface area contributed by atoms with Gasteiger partial charge in [0.25, 0.3) is 5.91 Å². The van der Waals surface area contributed by atoms with Gasteiger partial charge in [-0.1, -0.05) is 30.3 Å². The van der Waals surface area contributed by atoms with Gasteiger partial charge in [0.2, 0.25) is 0 Å².